The Labute approximate surface area is 67.8 Å². The molecular formula is C8H12O2S. The molecule has 3 heteroatoms. The zero-order chi connectivity index (χ0) is 7.61. The molecule has 1 aromatic rings. The van der Waals surface area contributed by atoms with Crippen molar-refractivity contribution in [2.75, 3.05) is 6.26 Å². The molecule has 0 atom stereocenters. The van der Waals surface area contributed by atoms with Gasteiger partial charge in [0, 0.05) is 6.26 Å². The highest BCUT2D eigenvalue weighted by Crippen LogP contribution is 2.05. The van der Waals surface area contributed by atoms with E-state index in [9.17, 15) is 8.42 Å². The summed E-state index contributed by atoms with van der Waals surface area (Å²) in [5, 5.41) is 0. The van der Waals surface area contributed by atoms with Crippen molar-refractivity contribution in [3.8, 4) is 0 Å². The van der Waals surface area contributed by atoms with Gasteiger partial charge in [-0.2, -0.15) is 0 Å². The van der Waals surface area contributed by atoms with Gasteiger partial charge in [0.1, 0.15) is 0 Å². The lowest BCUT2D eigenvalue weighted by molar-refractivity contribution is 0.602. The van der Waals surface area contributed by atoms with Crippen LogP contribution in [-0.4, -0.2) is 14.7 Å². The van der Waals surface area contributed by atoms with Crippen LogP contribution in [0.15, 0.2) is 35.2 Å². The monoisotopic (exact) mass is 172 g/mol. The lowest BCUT2D eigenvalue weighted by Gasteiger charge is -1.93. The summed E-state index contributed by atoms with van der Waals surface area (Å²) in [6.45, 7) is 0. The van der Waals surface area contributed by atoms with E-state index in [0.717, 1.165) is 0 Å². The van der Waals surface area contributed by atoms with E-state index in [-0.39, 0.29) is 7.43 Å². The normalized spacial score (nSPS) is 10.3. The molecule has 0 aliphatic heterocycles. The molecule has 2 nitrogen and oxygen atoms in total. The molecule has 1 aromatic carbocycles. The third-order valence-electron chi connectivity index (χ3n) is 1.17. The molecule has 0 amide bonds. The van der Waals surface area contributed by atoms with Gasteiger partial charge in [0.15, 0.2) is 9.84 Å². The van der Waals surface area contributed by atoms with Crippen LogP contribution in [0.2, 0.25) is 0 Å². The summed E-state index contributed by atoms with van der Waals surface area (Å²) in [6.07, 6.45) is 1.20. The van der Waals surface area contributed by atoms with Gasteiger partial charge in [-0.15, -0.1) is 0 Å². The first kappa shape index (κ1) is 10.2. The Balaban J connectivity index is 0.000001000. The minimum absolute atomic E-state index is 0. The topological polar surface area (TPSA) is 34.1 Å². The Morgan fingerprint density at radius 1 is 1.09 bits per heavy atom. The molecule has 0 unspecified atom stereocenters. The van der Waals surface area contributed by atoms with Gasteiger partial charge in [0.25, 0.3) is 0 Å². The fraction of sp³-hybridized carbons (Fsp3) is 0.250. The molecule has 0 saturated carbocycles. The third kappa shape index (κ3) is 2.72. The molecule has 0 radical (unpaired) electrons. The van der Waals surface area contributed by atoms with Gasteiger partial charge < -0.3 is 0 Å². The van der Waals surface area contributed by atoms with E-state index in [2.05, 4.69) is 0 Å². The molecule has 0 spiro atoms. The zero-order valence-corrected chi connectivity index (χ0v) is 6.43. The maximum atomic E-state index is 10.8. The molecule has 0 saturated heterocycles. The quantitative estimate of drug-likeness (QED) is 0.646. The highest BCUT2D eigenvalue weighted by atomic mass is 32.2. The van der Waals surface area contributed by atoms with Gasteiger partial charge in [0.05, 0.1) is 4.90 Å². The fourth-order valence-corrected chi connectivity index (χ4v) is 1.32. The van der Waals surface area contributed by atoms with E-state index in [1.165, 1.54) is 6.26 Å². The summed E-state index contributed by atoms with van der Waals surface area (Å²) < 4.78 is 21.7. The molecule has 0 aliphatic carbocycles. The SMILES string of the molecule is C.CS(=O)(=O)c1ccccc1. The van der Waals surface area contributed by atoms with Crippen LogP contribution in [0.4, 0.5) is 0 Å². The standard InChI is InChI=1S/C7H8O2S.CH4/c1-10(8,9)7-5-3-2-4-6-7;/h2-6H,1H3;1H4. The van der Waals surface area contributed by atoms with Gasteiger partial charge in [-0.3, -0.25) is 0 Å². The summed E-state index contributed by atoms with van der Waals surface area (Å²) in [7, 11) is -3.00. The van der Waals surface area contributed by atoms with Crippen LogP contribution in [0.5, 0.6) is 0 Å². The molecule has 1 rings (SSSR count). The van der Waals surface area contributed by atoms with E-state index in [0.29, 0.717) is 4.90 Å². The summed E-state index contributed by atoms with van der Waals surface area (Å²) in [5.41, 5.74) is 0. The summed E-state index contributed by atoms with van der Waals surface area (Å²) in [5.74, 6) is 0. The summed E-state index contributed by atoms with van der Waals surface area (Å²) in [4.78, 5) is 0.370. The molecule has 62 valence electrons. The van der Waals surface area contributed by atoms with Crippen molar-refractivity contribution in [3.63, 3.8) is 0 Å². The Kier molecular flexibility index (Phi) is 3.26. The molecule has 0 fully saturated rings. The summed E-state index contributed by atoms with van der Waals surface area (Å²) >= 11 is 0. The third-order valence-corrected chi connectivity index (χ3v) is 2.30. The van der Waals surface area contributed by atoms with Crippen molar-refractivity contribution in [3.05, 3.63) is 30.3 Å². The summed E-state index contributed by atoms with van der Waals surface area (Å²) in [6, 6.07) is 8.35. The van der Waals surface area contributed by atoms with Crippen LogP contribution in [0.1, 0.15) is 7.43 Å². The van der Waals surface area contributed by atoms with Crippen molar-refractivity contribution < 1.29 is 8.42 Å². The first-order chi connectivity index (χ1) is 4.61. The molecular weight excluding hydrogens is 160 g/mol. The van der Waals surface area contributed by atoms with Crippen LogP contribution in [0.3, 0.4) is 0 Å². The Morgan fingerprint density at radius 3 is 1.82 bits per heavy atom. The lowest BCUT2D eigenvalue weighted by Crippen LogP contribution is -1.95. The molecule has 0 aromatic heterocycles. The van der Waals surface area contributed by atoms with Crippen molar-refractivity contribution >= 4 is 9.84 Å². The fourth-order valence-electron chi connectivity index (χ4n) is 0.668. The van der Waals surface area contributed by atoms with Gasteiger partial charge >= 0.3 is 0 Å². The molecule has 0 bridgehead atoms. The Bertz CT molecular complexity index is 300. The number of sulfone groups is 1. The Morgan fingerprint density at radius 2 is 1.55 bits per heavy atom. The Hall–Kier alpha value is -0.830. The molecule has 11 heavy (non-hydrogen) atoms. The molecule has 0 N–H and O–H groups in total. The molecule has 0 heterocycles. The predicted octanol–water partition coefficient (Wildman–Crippen LogP) is 1.73. The van der Waals surface area contributed by atoms with Crippen molar-refractivity contribution in [2.45, 2.75) is 12.3 Å². The largest absolute Gasteiger partial charge is 0.224 e. The lowest BCUT2D eigenvalue weighted by atomic mass is 10.4. The van der Waals surface area contributed by atoms with Crippen LogP contribution in [0.25, 0.3) is 0 Å². The van der Waals surface area contributed by atoms with Crippen LogP contribution in [0, 0.1) is 0 Å². The number of hydrogen-bond donors (Lipinski definition) is 0. The first-order valence-electron chi connectivity index (χ1n) is 2.86. The second-order valence-corrected chi connectivity index (χ2v) is 4.10. The van der Waals surface area contributed by atoms with Gasteiger partial charge in [-0.1, -0.05) is 25.6 Å². The second-order valence-electron chi connectivity index (χ2n) is 2.09. The second kappa shape index (κ2) is 3.53. The average Bonchev–Trinajstić information content (AvgIpc) is 1.88. The van der Waals surface area contributed by atoms with Crippen molar-refractivity contribution in [1.82, 2.24) is 0 Å². The minimum atomic E-state index is -3.00. The predicted molar refractivity (Wildman–Crippen MR) is 46.3 cm³/mol. The van der Waals surface area contributed by atoms with Crippen LogP contribution >= 0.6 is 0 Å². The maximum Gasteiger partial charge on any atom is 0.175 e. The minimum Gasteiger partial charge on any atom is -0.224 e. The average molecular weight is 172 g/mol. The van der Waals surface area contributed by atoms with E-state index < -0.39 is 9.84 Å². The van der Waals surface area contributed by atoms with E-state index in [1.54, 1.807) is 30.3 Å². The number of benzene rings is 1. The van der Waals surface area contributed by atoms with Crippen LogP contribution < -0.4 is 0 Å². The van der Waals surface area contributed by atoms with Gasteiger partial charge in [-0.25, -0.2) is 8.42 Å². The number of rotatable bonds is 1. The smallest absolute Gasteiger partial charge is 0.175 e. The van der Waals surface area contributed by atoms with E-state index >= 15 is 0 Å². The highest BCUT2D eigenvalue weighted by Gasteiger charge is 2.02. The molecule has 0 aliphatic rings. The zero-order valence-electron chi connectivity index (χ0n) is 5.61. The van der Waals surface area contributed by atoms with Gasteiger partial charge in [-0.05, 0) is 12.1 Å². The first-order valence-corrected chi connectivity index (χ1v) is 4.75. The van der Waals surface area contributed by atoms with E-state index in [4.69, 9.17) is 0 Å². The maximum absolute atomic E-state index is 10.8. The number of hydrogen-bond acceptors (Lipinski definition) is 2. The van der Waals surface area contributed by atoms with Crippen molar-refractivity contribution in [1.29, 1.82) is 0 Å². The van der Waals surface area contributed by atoms with Crippen LogP contribution in [-0.2, 0) is 9.84 Å². The highest BCUT2D eigenvalue weighted by molar-refractivity contribution is 7.90. The van der Waals surface area contributed by atoms with E-state index in [1.807, 2.05) is 0 Å². The van der Waals surface area contributed by atoms with Crippen molar-refractivity contribution in [2.24, 2.45) is 0 Å². The van der Waals surface area contributed by atoms with Gasteiger partial charge in [0.2, 0.25) is 0 Å².